The zero-order chi connectivity index (χ0) is 26.3. The summed E-state index contributed by atoms with van der Waals surface area (Å²) in [6.07, 6.45) is 3.25. The van der Waals surface area contributed by atoms with Crippen molar-refractivity contribution in [3.63, 3.8) is 0 Å². The lowest BCUT2D eigenvalue weighted by atomic mass is 10.1. The minimum Gasteiger partial charge on any atom is -0.394 e. The number of aliphatic hydroxyl groups is 3. The number of fused-ring (bicyclic) bond motifs is 1. The number of nitrogens with zero attached hydrogens (tertiary/aromatic N) is 6. The minimum atomic E-state index is -3.76. The highest BCUT2D eigenvalue weighted by Crippen LogP contribution is 2.33. The number of aliphatic hydroxyl groups excluding tert-OH is 3. The van der Waals surface area contributed by atoms with Crippen molar-refractivity contribution < 1.29 is 33.3 Å². The van der Waals surface area contributed by atoms with E-state index >= 15 is 0 Å². The van der Waals surface area contributed by atoms with Crippen LogP contribution in [-0.2, 0) is 14.8 Å². The van der Waals surface area contributed by atoms with E-state index in [-0.39, 0.29) is 29.0 Å². The lowest BCUT2D eigenvalue weighted by Crippen LogP contribution is -2.33. The van der Waals surface area contributed by atoms with Gasteiger partial charge in [-0.15, -0.1) is 0 Å². The van der Waals surface area contributed by atoms with E-state index in [0.29, 0.717) is 11.3 Å². The number of ether oxygens (including phenoxy) is 1. The van der Waals surface area contributed by atoms with Crippen LogP contribution >= 0.6 is 0 Å². The van der Waals surface area contributed by atoms with Gasteiger partial charge in [-0.1, -0.05) is 12.8 Å². The summed E-state index contributed by atoms with van der Waals surface area (Å²) in [7, 11) is -3.76. The predicted molar refractivity (Wildman–Crippen MR) is 128 cm³/mol. The van der Waals surface area contributed by atoms with Crippen LogP contribution in [0.1, 0.15) is 49.2 Å². The van der Waals surface area contributed by atoms with Crippen molar-refractivity contribution in [3.8, 4) is 5.95 Å². The maximum absolute atomic E-state index is 12.4. The molecule has 200 valence electrons. The Hall–Kier alpha value is -3.18. The molecule has 4 heterocycles. The summed E-state index contributed by atoms with van der Waals surface area (Å²) >= 11 is 0. The van der Waals surface area contributed by atoms with Crippen LogP contribution in [0.15, 0.2) is 18.7 Å². The molecule has 1 saturated heterocycles. The van der Waals surface area contributed by atoms with Crippen LogP contribution in [0.25, 0.3) is 17.1 Å². The van der Waals surface area contributed by atoms with Gasteiger partial charge in [0.05, 0.1) is 30.4 Å². The van der Waals surface area contributed by atoms with E-state index in [2.05, 4.69) is 25.4 Å². The van der Waals surface area contributed by atoms with Gasteiger partial charge in [0, 0.05) is 12.2 Å². The first kappa shape index (κ1) is 25.5. The highest BCUT2D eigenvalue weighted by Gasteiger charge is 2.44. The van der Waals surface area contributed by atoms with E-state index in [0.717, 1.165) is 25.7 Å². The number of carbonyl (C=O) groups is 1. The van der Waals surface area contributed by atoms with Gasteiger partial charge in [-0.05, 0) is 19.8 Å². The average molecular weight is 537 g/mol. The van der Waals surface area contributed by atoms with Gasteiger partial charge in [0.25, 0.3) is 11.9 Å². The van der Waals surface area contributed by atoms with Crippen molar-refractivity contribution in [2.24, 2.45) is 0 Å². The van der Waals surface area contributed by atoms with Crippen molar-refractivity contribution in [2.45, 2.75) is 63.2 Å². The van der Waals surface area contributed by atoms with E-state index in [1.54, 1.807) is 0 Å². The highest BCUT2D eigenvalue weighted by molar-refractivity contribution is 7.90. The topological polar surface area (TPSA) is 207 Å². The molecule has 37 heavy (non-hydrogen) atoms. The lowest BCUT2D eigenvalue weighted by Gasteiger charge is -2.18. The monoisotopic (exact) mass is 536 g/mol. The molecule has 0 radical (unpaired) electrons. The maximum atomic E-state index is 12.4. The third-order valence-electron chi connectivity index (χ3n) is 6.57. The van der Waals surface area contributed by atoms with Crippen LogP contribution < -0.4 is 10.0 Å². The molecule has 4 atom stereocenters. The number of rotatable bonds is 8. The van der Waals surface area contributed by atoms with E-state index in [1.807, 2.05) is 4.72 Å². The molecule has 2 unspecified atom stereocenters. The molecule has 2 fully saturated rings. The molecule has 2 aliphatic rings. The number of anilines is 1. The Morgan fingerprint density at radius 1 is 1.22 bits per heavy atom. The second-order valence-electron chi connectivity index (χ2n) is 9.06. The molecule has 5 rings (SSSR count). The number of hydrogen-bond donors (Lipinski definition) is 5. The Morgan fingerprint density at radius 3 is 2.65 bits per heavy atom. The molecule has 0 aromatic carbocycles. The Bertz CT molecular complexity index is 1400. The standard InChI is InChI=1S/C21H28N8O7S/c1-2-37(34,35)27-19(33)11-7-23-29(8-11)21-25-17(24-12-5-3-4-6-12)14-18(26-21)28(10-22-14)20-16(32)15(31)13(9-30)36-20/h7-8,10,12-13,15-16,20,30-32H,2-6,9H2,1H3,(H,27,33)(H,24,25,26)/t13-,15?,16?,20-/m1/s1. The second kappa shape index (κ2) is 9.94. The average Bonchev–Trinajstić information content (AvgIpc) is 3.67. The number of hydrogen-bond acceptors (Lipinski definition) is 12. The third kappa shape index (κ3) is 4.89. The van der Waals surface area contributed by atoms with Crippen molar-refractivity contribution in [1.29, 1.82) is 0 Å². The van der Waals surface area contributed by atoms with Gasteiger partial charge in [-0.2, -0.15) is 15.1 Å². The fourth-order valence-corrected chi connectivity index (χ4v) is 5.03. The molecule has 1 aliphatic heterocycles. The normalized spacial score (nSPS) is 24.6. The molecule has 15 nitrogen and oxygen atoms in total. The maximum Gasteiger partial charge on any atom is 0.267 e. The van der Waals surface area contributed by atoms with Crippen LogP contribution in [0.5, 0.6) is 0 Å². The Morgan fingerprint density at radius 2 is 1.97 bits per heavy atom. The second-order valence-corrected chi connectivity index (χ2v) is 11.1. The Labute approximate surface area is 211 Å². The van der Waals surface area contributed by atoms with Crippen LogP contribution in [-0.4, -0.2) is 95.7 Å². The third-order valence-corrected chi connectivity index (χ3v) is 7.83. The number of aromatic nitrogens is 6. The van der Waals surface area contributed by atoms with Crippen molar-refractivity contribution in [2.75, 3.05) is 17.7 Å². The number of nitrogens with one attached hydrogen (secondary N) is 2. The first-order valence-electron chi connectivity index (χ1n) is 11.9. The minimum absolute atomic E-state index is 0.0111. The summed E-state index contributed by atoms with van der Waals surface area (Å²) < 4.78 is 33.8. The number of sulfonamides is 1. The molecule has 1 aliphatic carbocycles. The number of amides is 1. The summed E-state index contributed by atoms with van der Waals surface area (Å²) in [6, 6.07) is 0.170. The van der Waals surface area contributed by atoms with Crippen LogP contribution in [0.4, 0.5) is 5.82 Å². The SMILES string of the molecule is CCS(=O)(=O)NC(=O)c1cnn(-c2nc(NC3CCCC3)c3ncn([C@@H]4O[C@H](CO)C(O)C4O)c3n2)c1. The highest BCUT2D eigenvalue weighted by atomic mass is 32.2. The fraction of sp³-hybridized carbons (Fsp3) is 0.571. The number of carbonyl (C=O) groups excluding carboxylic acids is 1. The molecular weight excluding hydrogens is 508 g/mol. The van der Waals surface area contributed by atoms with E-state index in [4.69, 9.17) is 4.74 Å². The molecule has 16 heteroatoms. The van der Waals surface area contributed by atoms with Crippen molar-refractivity contribution in [1.82, 2.24) is 34.0 Å². The van der Waals surface area contributed by atoms with Gasteiger partial charge in [-0.25, -0.2) is 22.8 Å². The summed E-state index contributed by atoms with van der Waals surface area (Å²) in [5, 5.41) is 37.8. The molecular formula is C21H28N8O7S. The smallest absolute Gasteiger partial charge is 0.267 e. The summed E-state index contributed by atoms with van der Waals surface area (Å²) in [5.74, 6) is -0.630. The van der Waals surface area contributed by atoms with Crippen LogP contribution in [0.2, 0.25) is 0 Å². The Balaban J connectivity index is 1.55. The van der Waals surface area contributed by atoms with E-state index in [9.17, 15) is 28.5 Å². The quantitative estimate of drug-likeness (QED) is 0.236. The van der Waals surface area contributed by atoms with E-state index in [1.165, 1.54) is 34.9 Å². The van der Waals surface area contributed by atoms with Gasteiger partial charge >= 0.3 is 0 Å². The molecule has 5 N–H and O–H groups in total. The molecule has 1 saturated carbocycles. The largest absolute Gasteiger partial charge is 0.394 e. The molecule has 1 amide bonds. The zero-order valence-electron chi connectivity index (χ0n) is 19.9. The van der Waals surface area contributed by atoms with Gasteiger partial charge in [0.2, 0.25) is 10.0 Å². The first-order valence-corrected chi connectivity index (χ1v) is 13.6. The Kier molecular flexibility index (Phi) is 6.84. The molecule has 3 aromatic rings. The summed E-state index contributed by atoms with van der Waals surface area (Å²) in [4.78, 5) is 25.9. The fourth-order valence-electron chi connectivity index (χ4n) is 4.49. The zero-order valence-corrected chi connectivity index (χ0v) is 20.7. The van der Waals surface area contributed by atoms with Crippen LogP contribution in [0.3, 0.4) is 0 Å². The van der Waals surface area contributed by atoms with Crippen LogP contribution in [0, 0.1) is 0 Å². The van der Waals surface area contributed by atoms with E-state index < -0.39 is 47.1 Å². The van der Waals surface area contributed by atoms with Gasteiger partial charge in [0.15, 0.2) is 23.2 Å². The molecule has 0 spiro atoms. The van der Waals surface area contributed by atoms with Crippen molar-refractivity contribution >= 4 is 32.9 Å². The predicted octanol–water partition coefficient (Wildman–Crippen LogP) is -0.942. The van der Waals surface area contributed by atoms with Gasteiger partial charge in [-0.3, -0.25) is 9.36 Å². The van der Waals surface area contributed by atoms with Crippen molar-refractivity contribution in [3.05, 3.63) is 24.3 Å². The summed E-state index contributed by atoms with van der Waals surface area (Å²) in [5.41, 5.74) is 0.644. The van der Waals surface area contributed by atoms with Gasteiger partial charge in [0.1, 0.15) is 18.3 Å². The molecule has 0 bridgehead atoms. The lowest BCUT2D eigenvalue weighted by molar-refractivity contribution is -0.0511. The summed E-state index contributed by atoms with van der Waals surface area (Å²) in [6.45, 7) is 0.929. The molecule has 3 aromatic heterocycles. The number of imidazole rings is 1. The first-order chi connectivity index (χ1) is 17.7. The van der Waals surface area contributed by atoms with Gasteiger partial charge < -0.3 is 25.4 Å².